The fraction of sp³-hybridized carbons (Fsp3) is 0.382. The number of H-pyrrole nitrogens is 1. The van der Waals surface area contributed by atoms with Crippen LogP contribution < -0.4 is 25.8 Å². The summed E-state index contributed by atoms with van der Waals surface area (Å²) in [6.07, 6.45) is 12.9. The first-order chi connectivity index (χ1) is 22.3. The topological polar surface area (TPSA) is 160 Å². The number of nitrogens with two attached hydrogens (primary N) is 1. The lowest BCUT2D eigenvalue weighted by atomic mass is 9.99. The molecule has 240 valence electrons. The van der Waals surface area contributed by atoms with Crippen LogP contribution in [-0.2, 0) is 16.0 Å². The van der Waals surface area contributed by atoms with Crippen molar-refractivity contribution in [1.82, 2.24) is 30.2 Å². The van der Waals surface area contributed by atoms with E-state index in [9.17, 15) is 9.59 Å². The average molecular weight is 625 g/mol. The number of carbonyl (C=O) groups excluding carboxylic acids is 2. The van der Waals surface area contributed by atoms with E-state index in [1.54, 1.807) is 13.3 Å². The number of methoxy groups -OCH3 is 1. The highest BCUT2D eigenvalue weighted by atomic mass is 16.5. The number of anilines is 2. The molecule has 5 rings (SSSR count). The Morgan fingerprint density at radius 2 is 2.00 bits per heavy atom. The Morgan fingerprint density at radius 1 is 1.15 bits per heavy atom. The number of likely N-dealkylation sites (tertiary alicyclic amines) is 1. The number of nitrogens with zero attached hydrogens (tertiary/aromatic N) is 4. The number of terminal acetylenes is 1. The summed E-state index contributed by atoms with van der Waals surface area (Å²) in [5, 5.41) is 7.28. The number of aromatic nitrogens is 4. The van der Waals surface area contributed by atoms with Crippen molar-refractivity contribution in [3.63, 3.8) is 0 Å². The number of fused-ring (bicyclic) bond motifs is 1. The summed E-state index contributed by atoms with van der Waals surface area (Å²) < 4.78 is 11.8. The van der Waals surface area contributed by atoms with Gasteiger partial charge in [0.2, 0.25) is 11.8 Å². The van der Waals surface area contributed by atoms with E-state index >= 15 is 0 Å². The molecule has 12 heteroatoms. The minimum atomic E-state index is -0.296. The minimum absolute atomic E-state index is 0.0173. The first-order valence-corrected chi connectivity index (χ1v) is 15.4. The van der Waals surface area contributed by atoms with E-state index in [-0.39, 0.29) is 23.8 Å². The van der Waals surface area contributed by atoms with E-state index in [1.807, 2.05) is 43.4 Å². The second-order valence-electron chi connectivity index (χ2n) is 11.5. The Kier molecular flexibility index (Phi) is 10.7. The van der Waals surface area contributed by atoms with Gasteiger partial charge in [0.1, 0.15) is 18.0 Å². The molecule has 0 radical (unpaired) electrons. The van der Waals surface area contributed by atoms with Gasteiger partial charge in [0.25, 0.3) is 0 Å². The molecule has 0 bridgehead atoms. The lowest BCUT2D eigenvalue weighted by molar-refractivity contribution is -0.130. The number of rotatable bonds is 16. The molecule has 12 nitrogen and oxygen atoms in total. The van der Waals surface area contributed by atoms with Crippen LogP contribution >= 0.6 is 0 Å². The van der Waals surface area contributed by atoms with Crippen LogP contribution in [0, 0.1) is 18.3 Å². The van der Waals surface area contributed by atoms with Gasteiger partial charge in [0.05, 0.1) is 31.2 Å². The number of benzene rings is 2. The third-order valence-electron chi connectivity index (χ3n) is 7.99. The number of primary amides is 1. The zero-order chi connectivity index (χ0) is 32.5. The van der Waals surface area contributed by atoms with Crippen molar-refractivity contribution in [1.29, 1.82) is 0 Å². The molecule has 1 aliphatic heterocycles. The molecule has 2 aromatic heterocycles. The van der Waals surface area contributed by atoms with Gasteiger partial charge < -0.3 is 35.7 Å². The van der Waals surface area contributed by atoms with E-state index in [0.717, 1.165) is 54.7 Å². The molecular formula is C34H40N8O4. The van der Waals surface area contributed by atoms with Gasteiger partial charge in [-0.05, 0) is 44.2 Å². The molecule has 1 atom stereocenters. The van der Waals surface area contributed by atoms with Crippen LogP contribution in [0.2, 0.25) is 0 Å². The van der Waals surface area contributed by atoms with Crippen LogP contribution in [0.1, 0.15) is 55.2 Å². The normalized spacial score (nSPS) is 13.8. The lowest BCUT2D eigenvalue weighted by Gasteiger charge is -2.35. The lowest BCUT2D eigenvalue weighted by Crippen LogP contribution is -2.52. The maximum Gasteiger partial charge on any atom is 0.226 e. The van der Waals surface area contributed by atoms with Crippen LogP contribution in [0.3, 0.4) is 0 Å². The molecule has 4 aromatic rings. The summed E-state index contributed by atoms with van der Waals surface area (Å²) in [5.74, 6) is 4.79. The Hall–Kier alpha value is -5.15. The number of carbonyl (C=O) groups is 2. The molecule has 5 N–H and O–H groups in total. The van der Waals surface area contributed by atoms with Crippen LogP contribution in [-0.4, -0.2) is 70.5 Å². The molecule has 0 spiro atoms. The quantitative estimate of drug-likeness (QED) is 0.107. The van der Waals surface area contributed by atoms with Crippen molar-refractivity contribution in [2.75, 3.05) is 39.2 Å². The van der Waals surface area contributed by atoms with Crippen molar-refractivity contribution < 1.29 is 19.1 Å². The SMILES string of the molecule is C#Cc1cccc(Nc2ncnc3cc(OC)c(OCCc4cnc([C@H](CCCCCC(N)=O)NC(=O)C5CN(C)C5)[nH]4)cc23)c1. The first-order valence-electron chi connectivity index (χ1n) is 15.4. The van der Waals surface area contributed by atoms with Crippen molar-refractivity contribution in [3.05, 3.63) is 66.0 Å². The number of ether oxygens (including phenoxy) is 2. The number of unbranched alkanes of at least 4 members (excludes halogenated alkanes) is 2. The Labute approximate surface area is 268 Å². The first kappa shape index (κ1) is 32.2. The Morgan fingerprint density at radius 3 is 2.76 bits per heavy atom. The second-order valence-corrected chi connectivity index (χ2v) is 11.5. The van der Waals surface area contributed by atoms with Crippen LogP contribution in [0.5, 0.6) is 11.5 Å². The van der Waals surface area contributed by atoms with Crippen molar-refractivity contribution in [2.24, 2.45) is 11.7 Å². The maximum absolute atomic E-state index is 12.9. The third kappa shape index (κ3) is 8.31. The third-order valence-corrected chi connectivity index (χ3v) is 7.99. The zero-order valence-corrected chi connectivity index (χ0v) is 26.2. The predicted octanol–water partition coefficient (Wildman–Crippen LogP) is 3.86. The van der Waals surface area contributed by atoms with Crippen LogP contribution in [0.15, 0.2) is 48.9 Å². The van der Waals surface area contributed by atoms with Gasteiger partial charge in [-0.1, -0.05) is 24.8 Å². The van der Waals surface area contributed by atoms with Crippen LogP contribution in [0.25, 0.3) is 10.9 Å². The van der Waals surface area contributed by atoms with Gasteiger partial charge in [-0.25, -0.2) is 15.0 Å². The Bertz CT molecular complexity index is 1710. The van der Waals surface area contributed by atoms with Gasteiger partial charge in [0.15, 0.2) is 11.5 Å². The molecule has 2 amide bonds. The highest BCUT2D eigenvalue weighted by Crippen LogP contribution is 2.35. The molecular weight excluding hydrogens is 584 g/mol. The van der Waals surface area contributed by atoms with E-state index < -0.39 is 0 Å². The largest absolute Gasteiger partial charge is 0.493 e. The van der Waals surface area contributed by atoms with E-state index in [0.29, 0.717) is 54.5 Å². The van der Waals surface area contributed by atoms with Crippen molar-refractivity contribution >= 4 is 34.2 Å². The fourth-order valence-corrected chi connectivity index (χ4v) is 5.47. The highest BCUT2D eigenvalue weighted by Gasteiger charge is 2.31. The summed E-state index contributed by atoms with van der Waals surface area (Å²) in [5.41, 5.74) is 8.42. The predicted molar refractivity (Wildman–Crippen MR) is 176 cm³/mol. The maximum atomic E-state index is 12.9. The van der Waals surface area contributed by atoms with Crippen molar-refractivity contribution in [3.8, 4) is 23.8 Å². The highest BCUT2D eigenvalue weighted by molar-refractivity contribution is 5.93. The summed E-state index contributed by atoms with van der Waals surface area (Å²) in [7, 11) is 3.59. The molecule has 2 aromatic carbocycles. The Balaban J connectivity index is 1.24. The van der Waals surface area contributed by atoms with Gasteiger partial charge >= 0.3 is 0 Å². The molecule has 1 fully saturated rings. The van der Waals surface area contributed by atoms with E-state index in [4.69, 9.17) is 21.6 Å². The number of amides is 2. The van der Waals surface area contributed by atoms with E-state index in [1.165, 1.54) is 6.33 Å². The number of nitrogens with one attached hydrogen (secondary N) is 3. The summed E-state index contributed by atoms with van der Waals surface area (Å²) in [6, 6.07) is 11.0. The molecule has 0 aliphatic carbocycles. The minimum Gasteiger partial charge on any atom is -0.493 e. The molecule has 3 heterocycles. The fourth-order valence-electron chi connectivity index (χ4n) is 5.47. The standard InChI is InChI=1S/C34H40N8O4/c1-4-22-9-8-10-24(15-22)39-32-26-16-30(29(45-3)17-28(26)37-21-38-32)46-14-13-25-18-36-33(40-25)27(11-6-5-7-12-31(35)43)41-34(44)23-19-42(2)20-23/h1,8-10,15-18,21,23,27H,5-7,11-14,19-20H2,2-3H3,(H2,35,43)(H,36,40)(H,41,44)(H,37,38,39)/t27-/m0/s1. The van der Waals surface area contributed by atoms with E-state index in [2.05, 4.69) is 41.4 Å². The molecule has 0 saturated carbocycles. The second kappa shape index (κ2) is 15.2. The summed E-state index contributed by atoms with van der Waals surface area (Å²) >= 11 is 0. The summed E-state index contributed by atoms with van der Waals surface area (Å²) in [4.78, 5) is 42.9. The van der Waals surface area contributed by atoms with Gasteiger partial charge in [-0.15, -0.1) is 6.42 Å². The van der Waals surface area contributed by atoms with Crippen LogP contribution in [0.4, 0.5) is 11.5 Å². The molecule has 1 aliphatic rings. The monoisotopic (exact) mass is 624 g/mol. The van der Waals surface area contributed by atoms with Gasteiger partial charge in [0, 0.05) is 60.5 Å². The molecule has 0 unspecified atom stereocenters. The smallest absolute Gasteiger partial charge is 0.226 e. The van der Waals surface area contributed by atoms with Gasteiger partial charge in [-0.3, -0.25) is 9.59 Å². The number of hydrogen-bond acceptors (Lipinski definition) is 9. The summed E-state index contributed by atoms with van der Waals surface area (Å²) in [6.45, 7) is 1.85. The number of imidazole rings is 1. The average Bonchev–Trinajstić information content (AvgIpc) is 3.51. The zero-order valence-electron chi connectivity index (χ0n) is 26.2. The number of aromatic amines is 1. The molecule has 1 saturated heterocycles. The molecule has 46 heavy (non-hydrogen) atoms. The van der Waals surface area contributed by atoms with Crippen molar-refractivity contribution in [2.45, 2.75) is 44.6 Å². The van der Waals surface area contributed by atoms with Gasteiger partial charge in [-0.2, -0.15) is 0 Å². The number of hydrogen-bond donors (Lipinski definition) is 4.